The summed E-state index contributed by atoms with van der Waals surface area (Å²) in [6.07, 6.45) is 0.690. The molecule has 6 heteroatoms. The van der Waals surface area contributed by atoms with Crippen LogP contribution in [0.25, 0.3) is 0 Å². The summed E-state index contributed by atoms with van der Waals surface area (Å²) in [6, 6.07) is 7.97. The van der Waals surface area contributed by atoms with E-state index in [1.807, 2.05) is 36.2 Å². The van der Waals surface area contributed by atoms with Crippen molar-refractivity contribution in [3.63, 3.8) is 0 Å². The molecule has 0 aliphatic rings. The maximum Gasteiger partial charge on any atom is 0.156 e. The zero-order chi connectivity index (χ0) is 14.7. The van der Waals surface area contributed by atoms with Crippen molar-refractivity contribution in [2.45, 2.75) is 13.5 Å². The Kier molecular flexibility index (Phi) is 4.73. The first-order valence-corrected chi connectivity index (χ1v) is 7.13. The predicted molar refractivity (Wildman–Crippen MR) is 83.4 cm³/mol. The van der Waals surface area contributed by atoms with E-state index >= 15 is 0 Å². The lowest BCUT2D eigenvalue weighted by Gasteiger charge is -2.20. The third kappa shape index (κ3) is 3.35. The van der Waals surface area contributed by atoms with Crippen LogP contribution in [0.4, 0.5) is 5.82 Å². The quantitative estimate of drug-likeness (QED) is 0.621. The molecule has 104 valence electrons. The van der Waals surface area contributed by atoms with E-state index in [4.69, 9.17) is 11.6 Å². The first-order chi connectivity index (χ1) is 9.51. The smallest absolute Gasteiger partial charge is 0.156 e. The number of aldehydes is 1. The Hall–Kier alpha value is -1.46. The fourth-order valence-corrected chi connectivity index (χ4v) is 2.38. The van der Waals surface area contributed by atoms with Gasteiger partial charge >= 0.3 is 0 Å². The summed E-state index contributed by atoms with van der Waals surface area (Å²) in [5.74, 6) is 1.08. The van der Waals surface area contributed by atoms with Crippen molar-refractivity contribution >= 4 is 39.6 Å². The molecule has 0 bridgehead atoms. The highest BCUT2D eigenvalue weighted by Crippen LogP contribution is 2.23. The Bertz CT molecular complexity index is 631. The number of rotatable bonds is 4. The zero-order valence-electron chi connectivity index (χ0n) is 11.1. The van der Waals surface area contributed by atoms with Gasteiger partial charge < -0.3 is 4.90 Å². The van der Waals surface area contributed by atoms with Crippen LogP contribution < -0.4 is 4.90 Å². The van der Waals surface area contributed by atoms with Crippen LogP contribution in [0.1, 0.15) is 21.7 Å². The van der Waals surface area contributed by atoms with Crippen LogP contribution in [0.5, 0.6) is 0 Å². The molecule has 0 N–H and O–H groups in total. The lowest BCUT2D eigenvalue weighted by atomic mass is 10.2. The number of nitrogens with zero attached hydrogens (tertiary/aromatic N) is 3. The highest BCUT2D eigenvalue weighted by atomic mass is 79.9. The van der Waals surface area contributed by atoms with Gasteiger partial charge in [-0.3, -0.25) is 4.79 Å². The summed E-state index contributed by atoms with van der Waals surface area (Å²) in [5.41, 5.74) is 1.43. The predicted octanol–water partition coefficient (Wildman–Crippen LogP) is 3.65. The van der Waals surface area contributed by atoms with Crippen molar-refractivity contribution in [2.24, 2.45) is 0 Å². The second kappa shape index (κ2) is 6.33. The average Bonchev–Trinajstić information content (AvgIpc) is 2.40. The van der Waals surface area contributed by atoms with Crippen molar-refractivity contribution in [1.82, 2.24) is 9.97 Å². The highest BCUT2D eigenvalue weighted by Gasteiger charge is 2.15. The molecule has 0 amide bonds. The summed E-state index contributed by atoms with van der Waals surface area (Å²) >= 11 is 9.39. The Morgan fingerprint density at radius 2 is 1.95 bits per heavy atom. The van der Waals surface area contributed by atoms with Crippen LogP contribution in [-0.2, 0) is 6.54 Å². The summed E-state index contributed by atoms with van der Waals surface area (Å²) < 4.78 is 1.03. The van der Waals surface area contributed by atoms with Gasteiger partial charge in [0, 0.05) is 18.1 Å². The van der Waals surface area contributed by atoms with Gasteiger partial charge in [0.2, 0.25) is 0 Å². The van der Waals surface area contributed by atoms with E-state index in [1.54, 1.807) is 6.92 Å². The normalized spacial score (nSPS) is 10.4. The summed E-state index contributed by atoms with van der Waals surface area (Å²) in [5, 5.41) is 0.185. The maximum absolute atomic E-state index is 11.2. The molecule has 0 unspecified atom stereocenters. The number of anilines is 1. The number of aromatic nitrogens is 2. The summed E-state index contributed by atoms with van der Waals surface area (Å²) in [6.45, 7) is 2.37. The van der Waals surface area contributed by atoms with Gasteiger partial charge in [0.15, 0.2) is 6.29 Å². The Morgan fingerprint density at radius 1 is 1.30 bits per heavy atom. The SMILES string of the molecule is Cc1nc(Cl)c(C=O)c(N(C)Cc2ccc(Br)cc2)n1. The lowest BCUT2D eigenvalue weighted by molar-refractivity contribution is 0.112. The number of hydrogen-bond acceptors (Lipinski definition) is 4. The van der Waals surface area contributed by atoms with Crippen LogP contribution >= 0.6 is 27.5 Å². The fraction of sp³-hybridized carbons (Fsp3) is 0.214. The summed E-state index contributed by atoms with van der Waals surface area (Å²) in [7, 11) is 1.87. The number of carbonyl (C=O) groups excluding carboxylic acids is 1. The molecule has 0 atom stereocenters. The maximum atomic E-state index is 11.2. The Balaban J connectivity index is 2.31. The number of hydrogen-bond donors (Lipinski definition) is 0. The lowest BCUT2D eigenvalue weighted by Crippen LogP contribution is -2.20. The van der Waals surface area contributed by atoms with E-state index in [-0.39, 0.29) is 5.15 Å². The Labute approximate surface area is 130 Å². The molecule has 0 aliphatic heterocycles. The molecule has 1 heterocycles. The van der Waals surface area contributed by atoms with Gasteiger partial charge in [-0.05, 0) is 24.6 Å². The van der Waals surface area contributed by atoms with Gasteiger partial charge in [-0.1, -0.05) is 39.7 Å². The van der Waals surface area contributed by atoms with E-state index in [0.717, 1.165) is 10.0 Å². The molecule has 4 nitrogen and oxygen atoms in total. The van der Waals surface area contributed by atoms with Crippen LogP contribution in [0, 0.1) is 6.92 Å². The molecule has 0 aliphatic carbocycles. The van der Waals surface area contributed by atoms with Crippen LogP contribution in [-0.4, -0.2) is 23.3 Å². The number of aryl methyl sites for hydroxylation is 1. The molecule has 2 aromatic rings. The van der Waals surface area contributed by atoms with E-state index in [1.165, 1.54) is 0 Å². The molecule has 1 aromatic heterocycles. The molecule has 0 fully saturated rings. The van der Waals surface area contributed by atoms with Crippen molar-refractivity contribution in [1.29, 1.82) is 0 Å². The van der Waals surface area contributed by atoms with E-state index in [2.05, 4.69) is 25.9 Å². The monoisotopic (exact) mass is 353 g/mol. The van der Waals surface area contributed by atoms with Gasteiger partial charge in [-0.25, -0.2) is 9.97 Å². The average molecular weight is 355 g/mol. The first kappa shape index (κ1) is 14.9. The summed E-state index contributed by atoms with van der Waals surface area (Å²) in [4.78, 5) is 21.4. The molecule has 2 rings (SSSR count). The number of carbonyl (C=O) groups is 1. The van der Waals surface area contributed by atoms with Crippen molar-refractivity contribution in [3.8, 4) is 0 Å². The molecule has 1 aromatic carbocycles. The minimum absolute atomic E-state index is 0.185. The van der Waals surface area contributed by atoms with Crippen LogP contribution in [0.2, 0.25) is 5.15 Å². The third-order valence-corrected chi connectivity index (χ3v) is 3.62. The van der Waals surface area contributed by atoms with Gasteiger partial charge in [-0.15, -0.1) is 0 Å². The molecule has 0 spiro atoms. The van der Waals surface area contributed by atoms with Crippen molar-refractivity contribution < 1.29 is 4.79 Å². The standard InChI is InChI=1S/C14H13BrClN3O/c1-9-17-13(16)12(8-20)14(18-9)19(2)7-10-3-5-11(15)6-4-10/h3-6,8H,7H2,1-2H3. The molecule has 0 saturated heterocycles. The van der Waals surface area contributed by atoms with Gasteiger partial charge in [-0.2, -0.15) is 0 Å². The molecular weight excluding hydrogens is 342 g/mol. The third-order valence-electron chi connectivity index (χ3n) is 2.80. The van der Waals surface area contributed by atoms with E-state index < -0.39 is 0 Å². The number of benzene rings is 1. The first-order valence-electron chi connectivity index (χ1n) is 5.96. The van der Waals surface area contributed by atoms with Crippen molar-refractivity contribution in [3.05, 3.63) is 50.8 Å². The second-order valence-electron chi connectivity index (χ2n) is 4.40. The van der Waals surface area contributed by atoms with E-state index in [9.17, 15) is 4.79 Å². The topological polar surface area (TPSA) is 46.1 Å². The molecular formula is C14H13BrClN3O. The minimum atomic E-state index is 0.185. The largest absolute Gasteiger partial charge is 0.355 e. The fourth-order valence-electron chi connectivity index (χ4n) is 1.86. The van der Waals surface area contributed by atoms with Crippen LogP contribution in [0.3, 0.4) is 0 Å². The Morgan fingerprint density at radius 3 is 2.55 bits per heavy atom. The van der Waals surface area contributed by atoms with Gasteiger partial charge in [0.05, 0.1) is 5.56 Å². The highest BCUT2D eigenvalue weighted by molar-refractivity contribution is 9.10. The van der Waals surface area contributed by atoms with E-state index in [0.29, 0.717) is 30.0 Å². The minimum Gasteiger partial charge on any atom is -0.355 e. The van der Waals surface area contributed by atoms with Gasteiger partial charge in [0.25, 0.3) is 0 Å². The molecule has 0 radical (unpaired) electrons. The van der Waals surface area contributed by atoms with Crippen LogP contribution in [0.15, 0.2) is 28.7 Å². The van der Waals surface area contributed by atoms with Crippen molar-refractivity contribution in [2.75, 3.05) is 11.9 Å². The second-order valence-corrected chi connectivity index (χ2v) is 5.67. The zero-order valence-corrected chi connectivity index (χ0v) is 13.4. The number of halogens is 2. The molecule has 20 heavy (non-hydrogen) atoms. The molecule has 0 saturated carbocycles. The van der Waals surface area contributed by atoms with Gasteiger partial charge in [0.1, 0.15) is 16.8 Å².